The molecule has 118 valence electrons. The fraction of sp³-hybridized carbons (Fsp3) is 0.684. The second-order valence-corrected chi connectivity index (χ2v) is 7.00. The zero-order valence-corrected chi connectivity index (χ0v) is 14.2. The molecule has 1 aromatic rings. The lowest BCUT2D eigenvalue weighted by Crippen LogP contribution is -2.39. The smallest absolute Gasteiger partial charge is 0.0343 e. The minimum absolute atomic E-state index is 0.475. The van der Waals surface area contributed by atoms with Crippen LogP contribution in [0, 0.1) is 11.8 Å². The van der Waals surface area contributed by atoms with Gasteiger partial charge in [0, 0.05) is 12.6 Å². The molecule has 1 saturated heterocycles. The van der Waals surface area contributed by atoms with Crippen molar-refractivity contribution in [2.24, 2.45) is 11.8 Å². The normalized spacial score (nSPS) is 21.7. The van der Waals surface area contributed by atoms with Crippen molar-refractivity contribution in [3.63, 3.8) is 0 Å². The first-order valence-electron chi connectivity index (χ1n) is 8.61. The molecule has 0 aromatic heterocycles. The topological polar surface area (TPSA) is 15.3 Å². The van der Waals surface area contributed by atoms with Crippen LogP contribution >= 0.6 is 0 Å². The summed E-state index contributed by atoms with van der Waals surface area (Å²) in [5.74, 6) is 1.43. The largest absolute Gasteiger partial charge is 0.309 e. The molecular weight excluding hydrogens is 256 g/mol. The average Bonchev–Trinajstić information content (AvgIpc) is 2.48. The minimum atomic E-state index is 0.475. The number of hydrogen-bond donors (Lipinski definition) is 1. The average molecular weight is 288 g/mol. The Kier molecular flexibility index (Phi) is 6.25. The van der Waals surface area contributed by atoms with Crippen LogP contribution < -0.4 is 5.32 Å². The van der Waals surface area contributed by atoms with E-state index in [2.05, 4.69) is 62.3 Å². The molecule has 2 atom stereocenters. The molecule has 0 aliphatic carbocycles. The predicted molar refractivity (Wildman–Crippen MR) is 91.6 cm³/mol. The van der Waals surface area contributed by atoms with Gasteiger partial charge >= 0.3 is 0 Å². The highest BCUT2D eigenvalue weighted by Crippen LogP contribution is 2.23. The van der Waals surface area contributed by atoms with Gasteiger partial charge in [0.2, 0.25) is 0 Å². The van der Waals surface area contributed by atoms with E-state index in [0.717, 1.165) is 18.9 Å². The van der Waals surface area contributed by atoms with Crippen molar-refractivity contribution in [3.8, 4) is 0 Å². The molecule has 21 heavy (non-hydrogen) atoms. The first kappa shape index (κ1) is 16.5. The Bertz CT molecular complexity index is 410. The van der Waals surface area contributed by atoms with Crippen LogP contribution in [0.5, 0.6) is 0 Å². The Morgan fingerprint density at radius 1 is 1.24 bits per heavy atom. The molecule has 1 N–H and O–H groups in total. The van der Waals surface area contributed by atoms with Gasteiger partial charge in [-0.2, -0.15) is 0 Å². The number of nitrogens with zero attached hydrogens (tertiary/aromatic N) is 1. The van der Waals surface area contributed by atoms with Gasteiger partial charge in [0.25, 0.3) is 0 Å². The third-order valence-electron chi connectivity index (χ3n) is 4.76. The molecule has 0 saturated carbocycles. The summed E-state index contributed by atoms with van der Waals surface area (Å²) in [5.41, 5.74) is 2.86. The molecule has 1 aromatic carbocycles. The van der Waals surface area contributed by atoms with Crippen molar-refractivity contribution in [1.82, 2.24) is 10.2 Å². The fourth-order valence-corrected chi connectivity index (χ4v) is 3.43. The number of aryl methyl sites for hydroxylation is 1. The van der Waals surface area contributed by atoms with Crippen molar-refractivity contribution < 1.29 is 0 Å². The Morgan fingerprint density at radius 2 is 1.95 bits per heavy atom. The highest BCUT2D eigenvalue weighted by atomic mass is 15.1. The van der Waals surface area contributed by atoms with Crippen LogP contribution in [0.2, 0.25) is 0 Å². The van der Waals surface area contributed by atoms with E-state index in [1.165, 1.54) is 37.1 Å². The standard InChI is InChI=1S/C19H32N2/c1-5-16-8-10-18(11-9-16)19(15(2)3)20-13-17-7-6-12-21(4)14-17/h8-11,15,17,19-20H,5-7,12-14H2,1-4H3. The summed E-state index contributed by atoms with van der Waals surface area (Å²) in [5, 5.41) is 3.84. The van der Waals surface area contributed by atoms with E-state index < -0.39 is 0 Å². The van der Waals surface area contributed by atoms with Gasteiger partial charge in [0.05, 0.1) is 0 Å². The second-order valence-electron chi connectivity index (χ2n) is 7.00. The van der Waals surface area contributed by atoms with Crippen molar-refractivity contribution in [2.45, 2.75) is 46.1 Å². The molecule has 1 aliphatic rings. The van der Waals surface area contributed by atoms with E-state index in [1.54, 1.807) is 0 Å². The van der Waals surface area contributed by atoms with Gasteiger partial charge in [-0.05, 0) is 62.4 Å². The van der Waals surface area contributed by atoms with Crippen LogP contribution in [-0.2, 0) is 6.42 Å². The lowest BCUT2D eigenvalue weighted by molar-refractivity contribution is 0.199. The molecule has 0 bridgehead atoms. The summed E-state index contributed by atoms with van der Waals surface area (Å²) < 4.78 is 0. The molecule has 0 spiro atoms. The molecule has 0 radical (unpaired) electrons. The first-order valence-corrected chi connectivity index (χ1v) is 8.61. The van der Waals surface area contributed by atoms with Crippen LogP contribution in [0.15, 0.2) is 24.3 Å². The zero-order valence-electron chi connectivity index (χ0n) is 14.2. The van der Waals surface area contributed by atoms with Crippen molar-refractivity contribution in [3.05, 3.63) is 35.4 Å². The van der Waals surface area contributed by atoms with E-state index in [0.29, 0.717) is 12.0 Å². The molecule has 2 nitrogen and oxygen atoms in total. The maximum atomic E-state index is 3.84. The molecule has 2 heteroatoms. The van der Waals surface area contributed by atoms with Gasteiger partial charge in [0.1, 0.15) is 0 Å². The van der Waals surface area contributed by atoms with Crippen LogP contribution in [0.1, 0.15) is 50.8 Å². The Balaban J connectivity index is 1.95. The summed E-state index contributed by atoms with van der Waals surface area (Å²) >= 11 is 0. The number of likely N-dealkylation sites (tertiary alicyclic amines) is 1. The fourth-order valence-electron chi connectivity index (χ4n) is 3.43. The molecule has 2 rings (SSSR count). The summed E-state index contributed by atoms with van der Waals surface area (Å²) in [6, 6.07) is 9.65. The maximum Gasteiger partial charge on any atom is 0.0343 e. The summed E-state index contributed by atoms with van der Waals surface area (Å²) in [7, 11) is 2.25. The van der Waals surface area contributed by atoms with Crippen LogP contribution in [0.4, 0.5) is 0 Å². The highest BCUT2D eigenvalue weighted by molar-refractivity contribution is 5.25. The van der Waals surface area contributed by atoms with Gasteiger partial charge in [-0.1, -0.05) is 45.0 Å². The molecule has 1 heterocycles. The predicted octanol–water partition coefficient (Wildman–Crippen LogP) is 3.88. The highest BCUT2D eigenvalue weighted by Gasteiger charge is 2.20. The third kappa shape index (κ3) is 4.82. The van der Waals surface area contributed by atoms with E-state index in [9.17, 15) is 0 Å². The van der Waals surface area contributed by atoms with Crippen molar-refractivity contribution in [1.29, 1.82) is 0 Å². The van der Waals surface area contributed by atoms with Crippen LogP contribution in [-0.4, -0.2) is 31.6 Å². The van der Waals surface area contributed by atoms with Gasteiger partial charge in [-0.3, -0.25) is 0 Å². The summed E-state index contributed by atoms with van der Waals surface area (Å²) in [4.78, 5) is 2.47. The zero-order chi connectivity index (χ0) is 15.2. The lowest BCUT2D eigenvalue weighted by Gasteiger charge is -2.32. The number of rotatable bonds is 6. The molecule has 1 fully saturated rings. The quantitative estimate of drug-likeness (QED) is 0.854. The maximum absolute atomic E-state index is 3.84. The van der Waals surface area contributed by atoms with Gasteiger partial charge in [-0.25, -0.2) is 0 Å². The Morgan fingerprint density at radius 3 is 2.52 bits per heavy atom. The Hall–Kier alpha value is -0.860. The minimum Gasteiger partial charge on any atom is -0.309 e. The van der Waals surface area contributed by atoms with E-state index in [4.69, 9.17) is 0 Å². The molecule has 1 aliphatic heterocycles. The SMILES string of the molecule is CCc1ccc(C(NCC2CCCN(C)C2)C(C)C)cc1. The van der Waals surface area contributed by atoms with Crippen molar-refractivity contribution >= 4 is 0 Å². The van der Waals surface area contributed by atoms with Crippen LogP contribution in [0.3, 0.4) is 0 Å². The van der Waals surface area contributed by atoms with E-state index >= 15 is 0 Å². The van der Waals surface area contributed by atoms with E-state index in [1.807, 2.05) is 0 Å². The number of hydrogen-bond acceptors (Lipinski definition) is 2. The number of piperidine rings is 1. The summed E-state index contributed by atoms with van der Waals surface area (Å²) in [6.45, 7) is 10.5. The Labute approximate surface area is 130 Å². The first-order chi connectivity index (χ1) is 10.1. The third-order valence-corrected chi connectivity index (χ3v) is 4.76. The molecule has 2 unspecified atom stereocenters. The second kappa shape index (κ2) is 7.95. The van der Waals surface area contributed by atoms with Gasteiger partial charge < -0.3 is 10.2 Å². The lowest BCUT2D eigenvalue weighted by atomic mass is 9.93. The molecule has 0 amide bonds. The van der Waals surface area contributed by atoms with Crippen LogP contribution in [0.25, 0.3) is 0 Å². The monoisotopic (exact) mass is 288 g/mol. The number of benzene rings is 1. The van der Waals surface area contributed by atoms with E-state index in [-0.39, 0.29) is 0 Å². The summed E-state index contributed by atoms with van der Waals surface area (Å²) in [6.07, 6.45) is 3.84. The van der Waals surface area contributed by atoms with Crippen molar-refractivity contribution in [2.75, 3.05) is 26.7 Å². The van der Waals surface area contributed by atoms with Gasteiger partial charge in [-0.15, -0.1) is 0 Å². The van der Waals surface area contributed by atoms with Gasteiger partial charge in [0.15, 0.2) is 0 Å². The number of nitrogens with one attached hydrogen (secondary N) is 1. The molecular formula is C19H32N2.